The highest BCUT2D eigenvalue weighted by Gasteiger charge is 2.14. The quantitative estimate of drug-likeness (QED) is 0.853. The van der Waals surface area contributed by atoms with Crippen molar-refractivity contribution in [2.75, 3.05) is 6.61 Å². The second kappa shape index (κ2) is 7.42. The Bertz CT molecular complexity index is 674. The van der Waals surface area contributed by atoms with E-state index in [2.05, 4.69) is 36.3 Å². The van der Waals surface area contributed by atoms with Gasteiger partial charge in [-0.05, 0) is 38.8 Å². The van der Waals surface area contributed by atoms with Gasteiger partial charge >= 0.3 is 0 Å². The lowest BCUT2D eigenvalue weighted by atomic mass is 10.0. The second-order valence-corrected chi connectivity index (χ2v) is 5.70. The standard InChI is InChI=1S/C18H25N3O2/c1-5-23-14(4)15-6-8-16(9-7-15)18-12(2)20-21(13(18)3)11-10-17(19)22/h6-9,14H,5,10-11H2,1-4H3,(H2,19,22)/t14-/m0/s1. The number of aryl methyl sites for hydroxylation is 2. The third kappa shape index (κ3) is 3.99. The van der Waals surface area contributed by atoms with Crippen LogP contribution in [0.25, 0.3) is 11.1 Å². The number of hydrogen-bond donors (Lipinski definition) is 1. The predicted octanol–water partition coefficient (Wildman–Crippen LogP) is 3.14. The molecule has 1 aromatic carbocycles. The highest BCUT2D eigenvalue weighted by molar-refractivity contribution is 5.73. The van der Waals surface area contributed by atoms with E-state index in [1.54, 1.807) is 0 Å². The van der Waals surface area contributed by atoms with Crippen molar-refractivity contribution in [3.05, 3.63) is 41.2 Å². The summed E-state index contributed by atoms with van der Waals surface area (Å²) in [6, 6.07) is 8.38. The Hall–Kier alpha value is -2.14. The summed E-state index contributed by atoms with van der Waals surface area (Å²) in [5.41, 5.74) is 10.6. The molecule has 124 valence electrons. The topological polar surface area (TPSA) is 70.1 Å². The van der Waals surface area contributed by atoms with Gasteiger partial charge in [0.1, 0.15) is 0 Å². The van der Waals surface area contributed by atoms with E-state index < -0.39 is 0 Å². The zero-order chi connectivity index (χ0) is 17.0. The number of ether oxygens (including phenoxy) is 1. The highest BCUT2D eigenvalue weighted by Crippen LogP contribution is 2.28. The van der Waals surface area contributed by atoms with Gasteiger partial charge in [0.25, 0.3) is 0 Å². The molecule has 2 aromatic rings. The summed E-state index contributed by atoms with van der Waals surface area (Å²) in [5, 5.41) is 4.53. The van der Waals surface area contributed by atoms with Gasteiger partial charge in [0, 0.05) is 30.8 Å². The molecule has 5 heteroatoms. The van der Waals surface area contributed by atoms with Gasteiger partial charge in [-0.3, -0.25) is 9.48 Å². The first-order valence-corrected chi connectivity index (χ1v) is 7.98. The fraction of sp³-hybridized carbons (Fsp3) is 0.444. The maximum Gasteiger partial charge on any atom is 0.219 e. The molecule has 0 radical (unpaired) electrons. The SMILES string of the molecule is CCO[C@@H](C)c1ccc(-c2c(C)nn(CCC(N)=O)c2C)cc1. The Kier molecular flexibility index (Phi) is 5.55. The second-order valence-electron chi connectivity index (χ2n) is 5.70. The minimum Gasteiger partial charge on any atom is -0.374 e. The van der Waals surface area contributed by atoms with Crippen molar-refractivity contribution in [2.45, 2.75) is 46.8 Å². The largest absolute Gasteiger partial charge is 0.374 e. The van der Waals surface area contributed by atoms with E-state index >= 15 is 0 Å². The maximum atomic E-state index is 11.0. The molecule has 1 heterocycles. The lowest BCUT2D eigenvalue weighted by Gasteiger charge is -2.12. The van der Waals surface area contributed by atoms with Crippen LogP contribution >= 0.6 is 0 Å². The Labute approximate surface area is 137 Å². The maximum absolute atomic E-state index is 11.0. The summed E-state index contributed by atoms with van der Waals surface area (Å²) in [7, 11) is 0. The van der Waals surface area contributed by atoms with Gasteiger partial charge in [0.05, 0.1) is 11.8 Å². The monoisotopic (exact) mass is 315 g/mol. The molecule has 0 saturated heterocycles. The molecule has 23 heavy (non-hydrogen) atoms. The Morgan fingerprint density at radius 3 is 2.52 bits per heavy atom. The fourth-order valence-corrected chi connectivity index (χ4v) is 2.82. The van der Waals surface area contributed by atoms with Gasteiger partial charge < -0.3 is 10.5 Å². The van der Waals surface area contributed by atoms with E-state index in [1.807, 2.05) is 25.5 Å². The minimum atomic E-state index is -0.312. The molecule has 0 fully saturated rings. The normalized spacial score (nSPS) is 12.3. The van der Waals surface area contributed by atoms with Crippen LogP contribution in [-0.4, -0.2) is 22.3 Å². The van der Waals surface area contributed by atoms with Gasteiger partial charge in [-0.1, -0.05) is 24.3 Å². The predicted molar refractivity (Wildman–Crippen MR) is 91.0 cm³/mol. The molecule has 2 rings (SSSR count). The summed E-state index contributed by atoms with van der Waals surface area (Å²) >= 11 is 0. The van der Waals surface area contributed by atoms with Crippen molar-refractivity contribution < 1.29 is 9.53 Å². The summed E-state index contributed by atoms with van der Waals surface area (Å²) in [5.74, 6) is -0.312. The van der Waals surface area contributed by atoms with E-state index in [0.29, 0.717) is 19.6 Å². The molecule has 0 spiro atoms. The van der Waals surface area contributed by atoms with Crippen LogP contribution in [0.5, 0.6) is 0 Å². The molecule has 0 aliphatic carbocycles. The molecule has 0 aliphatic rings. The number of rotatable bonds is 7. The van der Waals surface area contributed by atoms with Gasteiger partial charge in [0.2, 0.25) is 5.91 Å². The summed E-state index contributed by atoms with van der Waals surface area (Å²) in [4.78, 5) is 11.0. The number of benzene rings is 1. The fourth-order valence-electron chi connectivity index (χ4n) is 2.82. The molecule has 1 aromatic heterocycles. The number of primary amides is 1. The van der Waals surface area contributed by atoms with Crippen LogP contribution in [-0.2, 0) is 16.1 Å². The number of nitrogens with zero attached hydrogens (tertiary/aromatic N) is 2. The molecule has 0 unspecified atom stereocenters. The molecule has 2 N–H and O–H groups in total. The van der Waals surface area contributed by atoms with Crippen molar-refractivity contribution in [1.29, 1.82) is 0 Å². The summed E-state index contributed by atoms with van der Waals surface area (Å²) < 4.78 is 7.47. The minimum absolute atomic E-state index is 0.0922. The van der Waals surface area contributed by atoms with Crippen molar-refractivity contribution in [1.82, 2.24) is 9.78 Å². The first-order valence-electron chi connectivity index (χ1n) is 7.98. The lowest BCUT2D eigenvalue weighted by molar-refractivity contribution is -0.118. The zero-order valence-electron chi connectivity index (χ0n) is 14.3. The lowest BCUT2D eigenvalue weighted by Crippen LogP contribution is -2.15. The van der Waals surface area contributed by atoms with E-state index in [4.69, 9.17) is 10.5 Å². The molecular formula is C18H25N3O2. The van der Waals surface area contributed by atoms with Gasteiger partial charge in [-0.2, -0.15) is 5.10 Å². The third-order valence-electron chi connectivity index (χ3n) is 4.04. The van der Waals surface area contributed by atoms with Gasteiger partial charge in [-0.25, -0.2) is 0 Å². The number of nitrogens with two attached hydrogens (primary N) is 1. The van der Waals surface area contributed by atoms with Crippen LogP contribution in [0.4, 0.5) is 0 Å². The number of hydrogen-bond acceptors (Lipinski definition) is 3. The first-order chi connectivity index (χ1) is 10.9. The van der Waals surface area contributed by atoms with Crippen LogP contribution < -0.4 is 5.73 Å². The first kappa shape index (κ1) is 17.2. The Morgan fingerprint density at radius 1 is 1.30 bits per heavy atom. The van der Waals surface area contributed by atoms with Crippen LogP contribution in [0.1, 0.15) is 43.3 Å². The zero-order valence-corrected chi connectivity index (χ0v) is 14.3. The summed E-state index contributed by atoms with van der Waals surface area (Å²) in [6.07, 6.45) is 0.390. The van der Waals surface area contributed by atoms with Crippen molar-refractivity contribution in [2.24, 2.45) is 5.73 Å². The Morgan fingerprint density at radius 2 is 1.96 bits per heavy atom. The highest BCUT2D eigenvalue weighted by atomic mass is 16.5. The van der Waals surface area contributed by atoms with E-state index in [9.17, 15) is 4.79 Å². The molecule has 0 saturated carbocycles. The third-order valence-corrected chi connectivity index (χ3v) is 4.04. The molecule has 1 atom stereocenters. The van der Waals surface area contributed by atoms with Crippen LogP contribution in [0, 0.1) is 13.8 Å². The number of carbonyl (C=O) groups is 1. The van der Waals surface area contributed by atoms with Crippen LogP contribution in [0.2, 0.25) is 0 Å². The van der Waals surface area contributed by atoms with Crippen LogP contribution in [0.3, 0.4) is 0 Å². The molecular weight excluding hydrogens is 290 g/mol. The number of aromatic nitrogens is 2. The van der Waals surface area contributed by atoms with Crippen LogP contribution in [0.15, 0.2) is 24.3 Å². The smallest absolute Gasteiger partial charge is 0.219 e. The van der Waals surface area contributed by atoms with E-state index in [-0.39, 0.29) is 12.0 Å². The summed E-state index contributed by atoms with van der Waals surface area (Å²) in [6.45, 7) is 9.27. The van der Waals surface area contributed by atoms with Gasteiger partial charge in [0.15, 0.2) is 0 Å². The van der Waals surface area contributed by atoms with E-state index in [1.165, 1.54) is 0 Å². The molecule has 0 aliphatic heterocycles. The molecule has 0 bridgehead atoms. The number of amides is 1. The molecule has 5 nitrogen and oxygen atoms in total. The Balaban J connectivity index is 2.26. The number of carbonyl (C=O) groups excluding carboxylic acids is 1. The molecule has 1 amide bonds. The average molecular weight is 315 g/mol. The van der Waals surface area contributed by atoms with E-state index in [0.717, 1.165) is 28.1 Å². The van der Waals surface area contributed by atoms with Crippen molar-refractivity contribution in [3.8, 4) is 11.1 Å². The van der Waals surface area contributed by atoms with Crippen molar-refractivity contribution in [3.63, 3.8) is 0 Å². The van der Waals surface area contributed by atoms with Crippen molar-refractivity contribution >= 4 is 5.91 Å². The van der Waals surface area contributed by atoms with Gasteiger partial charge in [-0.15, -0.1) is 0 Å². The average Bonchev–Trinajstić information content (AvgIpc) is 2.80.